The zero-order valence-electron chi connectivity index (χ0n) is 10.3. The first-order valence-corrected chi connectivity index (χ1v) is 9.79. The fourth-order valence-corrected chi connectivity index (χ4v) is 4.59. The van der Waals surface area contributed by atoms with E-state index in [1.54, 1.807) is 0 Å². The molecule has 0 aromatic rings. The van der Waals surface area contributed by atoms with E-state index in [2.05, 4.69) is 4.72 Å². The fraction of sp³-hybridized carbons (Fsp3) is 1.00. The molecule has 1 heterocycles. The Morgan fingerprint density at radius 1 is 1.22 bits per heavy atom. The molecule has 0 aromatic carbocycles. The predicted octanol–water partition coefficient (Wildman–Crippen LogP) is -0.0413. The molecule has 1 rings (SSSR count). The van der Waals surface area contributed by atoms with E-state index in [4.69, 9.17) is 11.6 Å². The van der Waals surface area contributed by atoms with Crippen LogP contribution in [0.25, 0.3) is 0 Å². The van der Waals surface area contributed by atoms with Gasteiger partial charge in [0.2, 0.25) is 20.0 Å². The smallest absolute Gasteiger partial charge is 0.213 e. The van der Waals surface area contributed by atoms with Crippen molar-refractivity contribution in [2.75, 3.05) is 31.0 Å². The van der Waals surface area contributed by atoms with Crippen molar-refractivity contribution in [1.82, 2.24) is 9.03 Å². The van der Waals surface area contributed by atoms with E-state index in [1.165, 1.54) is 4.31 Å². The van der Waals surface area contributed by atoms with Crippen LogP contribution in [-0.2, 0) is 20.0 Å². The lowest BCUT2D eigenvalue weighted by Gasteiger charge is -2.31. The van der Waals surface area contributed by atoms with Gasteiger partial charge >= 0.3 is 0 Å². The lowest BCUT2D eigenvalue weighted by atomic mass is 10.1. The molecule has 1 aliphatic heterocycles. The molecule has 0 unspecified atom stereocenters. The van der Waals surface area contributed by atoms with Gasteiger partial charge in [-0.1, -0.05) is 0 Å². The first-order chi connectivity index (χ1) is 8.24. The minimum Gasteiger partial charge on any atom is -0.213 e. The number of hydrogen-bond donors (Lipinski definition) is 1. The summed E-state index contributed by atoms with van der Waals surface area (Å²) in [5.41, 5.74) is 0. The van der Waals surface area contributed by atoms with Crippen molar-refractivity contribution in [3.8, 4) is 0 Å². The van der Waals surface area contributed by atoms with Crippen LogP contribution in [0.5, 0.6) is 0 Å². The van der Waals surface area contributed by atoms with Gasteiger partial charge in [-0.15, -0.1) is 11.6 Å². The number of piperidine rings is 1. The average Bonchev–Trinajstić information content (AvgIpc) is 2.25. The molecule has 0 saturated carbocycles. The van der Waals surface area contributed by atoms with E-state index in [0.29, 0.717) is 38.2 Å². The Hall–Kier alpha value is 0.110. The molecule has 18 heavy (non-hydrogen) atoms. The van der Waals surface area contributed by atoms with Gasteiger partial charge in [0.15, 0.2) is 0 Å². The molecule has 9 heteroatoms. The highest BCUT2D eigenvalue weighted by Gasteiger charge is 2.28. The molecule has 6 nitrogen and oxygen atoms in total. The van der Waals surface area contributed by atoms with E-state index < -0.39 is 20.0 Å². The molecule has 1 saturated heterocycles. The molecule has 0 atom stereocenters. The molecule has 0 spiro atoms. The topological polar surface area (TPSA) is 83.6 Å². The molecule has 0 aromatic heterocycles. The van der Waals surface area contributed by atoms with E-state index >= 15 is 0 Å². The van der Waals surface area contributed by atoms with Crippen LogP contribution in [0.2, 0.25) is 0 Å². The SMILES string of the molecule is CS(=O)(=O)NC1CCN(S(=O)(=O)CCCCl)CC1. The number of halogens is 1. The lowest BCUT2D eigenvalue weighted by Crippen LogP contribution is -2.46. The van der Waals surface area contributed by atoms with Crippen LogP contribution < -0.4 is 4.72 Å². The Morgan fingerprint density at radius 2 is 1.78 bits per heavy atom. The third-order valence-corrected chi connectivity index (χ3v) is 5.75. The van der Waals surface area contributed by atoms with Gasteiger partial charge in [-0.3, -0.25) is 0 Å². The van der Waals surface area contributed by atoms with Crippen molar-refractivity contribution >= 4 is 31.6 Å². The third-order valence-electron chi connectivity index (χ3n) is 2.76. The second kappa shape index (κ2) is 6.51. The zero-order chi connectivity index (χ0) is 13.8. The fourth-order valence-electron chi connectivity index (χ4n) is 1.92. The number of nitrogens with zero attached hydrogens (tertiary/aromatic N) is 1. The van der Waals surface area contributed by atoms with Crippen LogP contribution in [-0.4, -0.2) is 58.2 Å². The number of rotatable bonds is 6. The summed E-state index contributed by atoms with van der Waals surface area (Å²) < 4.78 is 49.8. The highest BCUT2D eigenvalue weighted by Crippen LogP contribution is 2.15. The first kappa shape index (κ1) is 16.2. The van der Waals surface area contributed by atoms with E-state index in [0.717, 1.165) is 6.26 Å². The molecular weight excluding hydrogens is 300 g/mol. The summed E-state index contributed by atoms with van der Waals surface area (Å²) in [5, 5.41) is 0. The third kappa shape index (κ3) is 5.40. The standard InChI is InChI=1S/C9H19ClN2O4S2/c1-17(13,14)11-9-3-6-12(7-4-9)18(15,16)8-2-5-10/h9,11H,2-8H2,1H3. The Balaban J connectivity index is 2.49. The maximum Gasteiger partial charge on any atom is 0.214 e. The average molecular weight is 319 g/mol. The van der Waals surface area contributed by atoms with Gasteiger partial charge in [-0.05, 0) is 19.3 Å². The molecule has 1 N–H and O–H groups in total. The molecule has 1 aliphatic rings. The summed E-state index contributed by atoms with van der Waals surface area (Å²) in [6.45, 7) is 0.718. The van der Waals surface area contributed by atoms with Gasteiger partial charge in [0.1, 0.15) is 0 Å². The summed E-state index contributed by atoms with van der Waals surface area (Å²) in [4.78, 5) is 0. The van der Waals surface area contributed by atoms with E-state index in [-0.39, 0.29) is 11.8 Å². The second-order valence-corrected chi connectivity index (χ2v) is 8.67. The van der Waals surface area contributed by atoms with Gasteiger partial charge < -0.3 is 0 Å². The molecular formula is C9H19ClN2O4S2. The quantitative estimate of drug-likeness (QED) is 0.696. The van der Waals surface area contributed by atoms with Crippen LogP contribution in [0.1, 0.15) is 19.3 Å². The molecule has 1 fully saturated rings. The molecule has 0 bridgehead atoms. The zero-order valence-corrected chi connectivity index (χ0v) is 12.7. The first-order valence-electron chi connectivity index (χ1n) is 5.76. The largest absolute Gasteiger partial charge is 0.214 e. The van der Waals surface area contributed by atoms with Crippen molar-refractivity contribution in [2.24, 2.45) is 0 Å². The van der Waals surface area contributed by atoms with E-state index in [9.17, 15) is 16.8 Å². The van der Waals surface area contributed by atoms with Crippen LogP contribution >= 0.6 is 11.6 Å². The summed E-state index contributed by atoms with van der Waals surface area (Å²) in [6.07, 6.45) is 2.56. The summed E-state index contributed by atoms with van der Waals surface area (Å²) in [6, 6.07) is -0.167. The summed E-state index contributed by atoms with van der Waals surface area (Å²) >= 11 is 5.48. The monoisotopic (exact) mass is 318 g/mol. The van der Waals surface area contributed by atoms with Crippen molar-refractivity contribution in [2.45, 2.75) is 25.3 Å². The van der Waals surface area contributed by atoms with Gasteiger partial charge in [-0.25, -0.2) is 25.9 Å². The van der Waals surface area contributed by atoms with Gasteiger partial charge in [-0.2, -0.15) is 0 Å². The van der Waals surface area contributed by atoms with Crippen molar-refractivity contribution in [1.29, 1.82) is 0 Å². The molecule has 0 aliphatic carbocycles. The molecule has 108 valence electrons. The van der Waals surface area contributed by atoms with Crippen molar-refractivity contribution < 1.29 is 16.8 Å². The Morgan fingerprint density at radius 3 is 2.22 bits per heavy atom. The Labute approximate surface area is 114 Å². The predicted molar refractivity (Wildman–Crippen MR) is 71.7 cm³/mol. The van der Waals surface area contributed by atoms with Crippen molar-refractivity contribution in [3.05, 3.63) is 0 Å². The van der Waals surface area contributed by atoms with Crippen LogP contribution in [0.3, 0.4) is 0 Å². The summed E-state index contributed by atoms with van der Waals surface area (Å²) in [7, 11) is -6.47. The van der Waals surface area contributed by atoms with Crippen molar-refractivity contribution in [3.63, 3.8) is 0 Å². The van der Waals surface area contributed by atoms with Crippen LogP contribution in [0.15, 0.2) is 0 Å². The normalized spacial score (nSPS) is 20.1. The van der Waals surface area contributed by atoms with Crippen LogP contribution in [0, 0.1) is 0 Å². The minimum atomic E-state index is -3.24. The Bertz CT molecular complexity index is 455. The number of nitrogens with one attached hydrogen (secondary N) is 1. The number of sulfonamides is 2. The van der Waals surface area contributed by atoms with Crippen LogP contribution in [0.4, 0.5) is 0 Å². The highest BCUT2D eigenvalue weighted by molar-refractivity contribution is 7.89. The Kier molecular flexibility index (Phi) is 5.85. The van der Waals surface area contributed by atoms with Gasteiger partial charge in [0.25, 0.3) is 0 Å². The maximum atomic E-state index is 11.9. The lowest BCUT2D eigenvalue weighted by molar-refractivity contribution is 0.308. The second-order valence-electron chi connectivity index (χ2n) is 4.42. The highest BCUT2D eigenvalue weighted by atomic mass is 35.5. The number of alkyl halides is 1. The van der Waals surface area contributed by atoms with E-state index in [1.807, 2.05) is 0 Å². The van der Waals surface area contributed by atoms with Gasteiger partial charge in [0.05, 0.1) is 12.0 Å². The van der Waals surface area contributed by atoms with Gasteiger partial charge in [0, 0.05) is 25.0 Å². The maximum absolute atomic E-state index is 11.9. The molecule has 0 radical (unpaired) electrons. The number of hydrogen-bond acceptors (Lipinski definition) is 4. The summed E-state index contributed by atoms with van der Waals surface area (Å²) in [5.74, 6) is 0.381. The minimum absolute atomic E-state index is 0.0562. The molecule has 0 amide bonds.